The normalized spacial score (nSPS) is 11.5. The lowest BCUT2D eigenvalue weighted by Gasteiger charge is -2.13. The van der Waals surface area contributed by atoms with Crippen LogP contribution in [0.25, 0.3) is 0 Å². The van der Waals surface area contributed by atoms with Crippen LogP contribution in [0.15, 0.2) is 6.20 Å². The number of hydrogen-bond acceptors (Lipinski definition) is 6. The van der Waals surface area contributed by atoms with Gasteiger partial charge in [0.25, 0.3) is 0 Å². The van der Waals surface area contributed by atoms with Gasteiger partial charge in [0, 0.05) is 24.4 Å². The predicted molar refractivity (Wildman–Crippen MR) is 57.8 cm³/mol. The molecular weight excluding hydrogens is 250 g/mol. The van der Waals surface area contributed by atoms with Crippen molar-refractivity contribution < 1.29 is 27.0 Å². The van der Waals surface area contributed by atoms with E-state index in [-0.39, 0.29) is 24.7 Å². The highest BCUT2D eigenvalue weighted by Crippen LogP contribution is 2.27. The number of aliphatic hydroxyl groups excluding tert-OH is 1. The van der Waals surface area contributed by atoms with E-state index in [9.17, 15) is 8.42 Å². The van der Waals surface area contributed by atoms with E-state index in [0.717, 1.165) is 0 Å². The molecule has 1 rings (SSSR count). The average Bonchev–Trinajstić information content (AvgIpc) is 2.22. The van der Waals surface area contributed by atoms with Gasteiger partial charge in [-0.3, -0.25) is 9.54 Å². The molecule has 0 aromatic carbocycles. The zero-order valence-corrected chi connectivity index (χ0v) is 10.2. The van der Waals surface area contributed by atoms with Gasteiger partial charge in [0.05, 0.1) is 18.9 Å². The van der Waals surface area contributed by atoms with Crippen molar-refractivity contribution in [2.75, 3.05) is 7.11 Å². The Morgan fingerprint density at radius 3 is 2.59 bits per heavy atom. The van der Waals surface area contributed by atoms with Gasteiger partial charge < -0.3 is 14.0 Å². The molecule has 1 aromatic rings. The molecule has 17 heavy (non-hydrogen) atoms. The van der Waals surface area contributed by atoms with E-state index < -0.39 is 10.4 Å². The van der Waals surface area contributed by atoms with Gasteiger partial charge in [0.2, 0.25) is 0 Å². The summed E-state index contributed by atoms with van der Waals surface area (Å²) in [7, 11) is -3.23. The summed E-state index contributed by atoms with van der Waals surface area (Å²) in [5.41, 5.74) is 0.975. The molecule has 96 valence electrons. The molecule has 0 fully saturated rings. The van der Waals surface area contributed by atoms with Crippen LogP contribution in [0, 0.1) is 6.92 Å². The van der Waals surface area contributed by atoms with E-state index >= 15 is 0 Å². The second kappa shape index (κ2) is 5.41. The number of pyridine rings is 1. The first kappa shape index (κ1) is 13.8. The van der Waals surface area contributed by atoms with Gasteiger partial charge in [0.1, 0.15) is 0 Å². The lowest BCUT2D eigenvalue weighted by atomic mass is 10.1. The van der Waals surface area contributed by atoms with Crippen LogP contribution in [0.5, 0.6) is 5.75 Å². The molecule has 1 heterocycles. The standard InChI is InChI=1S/C9H13NO6S/c1-6-9(16-17(12,13)14)8(5-15-2)7(4-11)3-10-6/h3,11H,4-5H2,1-2H3,(H,12,13,14). The molecule has 0 aliphatic rings. The predicted octanol–water partition coefficient (Wildman–Crippen LogP) is 0.210. The van der Waals surface area contributed by atoms with Crippen molar-refractivity contribution in [1.82, 2.24) is 4.98 Å². The van der Waals surface area contributed by atoms with E-state index in [1.54, 1.807) is 0 Å². The Morgan fingerprint density at radius 1 is 1.47 bits per heavy atom. The second-order valence-electron chi connectivity index (χ2n) is 3.28. The lowest BCUT2D eigenvalue weighted by molar-refractivity contribution is 0.179. The van der Waals surface area contributed by atoms with Gasteiger partial charge in [-0.1, -0.05) is 0 Å². The van der Waals surface area contributed by atoms with Crippen molar-refractivity contribution in [2.24, 2.45) is 0 Å². The highest BCUT2D eigenvalue weighted by molar-refractivity contribution is 7.81. The van der Waals surface area contributed by atoms with E-state index in [1.165, 1.54) is 20.2 Å². The van der Waals surface area contributed by atoms with E-state index in [1.807, 2.05) is 0 Å². The quantitative estimate of drug-likeness (QED) is 0.731. The Labute approximate surface area is 99.0 Å². The third-order valence-corrected chi connectivity index (χ3v) is 2.43. The van der Waals surface area contributed by atoms with Crippen LogP contribution < -0.4 is 4.18 Å². The average molecular weight is 263 g/mol. The van der Waals surface area contributed by atoms with Crippen LogP contribution >= 0.6 is 0 Å². The summed E-state index contributed by atoms with van der Waals surface area (Å²) >= 11 is 0. The third-order valence-electron chi connectivity index (χ3n) is 2.05. The molecule has 0 radical (unpaired) electrons. The van der Waals surface area contributed by atoms with Gasteiger partial charge in [-0.05, 0) is 6.92 Å². The summed E-state index contributed by atoms with van der Waals surface area (Å²) in [5.74, 6) is -0.124. The highest BCUT2D eigenvalue weighted by Gasteiger charge is 2.18. The molecule has 0 aliphatic heterocycles. The van der Waals surface area contributed by atoms with Crippen molar-refractivity contribution in [3.63, 3.8) is 0 Å². The molecule has 0 unspecified atom stereocenters. The van der Waals surface area contributed by atoms with Crippen LogP contribution in [0.3, 0.4) is 0 Å². The number of ether oxygens (including phenoxy) is 1. The van der Waals surface area contributed by atoms with Gasteiger partial charge in [-0.25, -0.2) is 0 Å². The molecule has 0 bridgehead atoms. The highest BCUT2D eigenvalue weighted by atomic mass is 32.3. The number of nitrogens with zero attached hydrogens (tertiary/aromatic N) is 1. The summed E-state index contributed by atoms with van der Waals surface area (Å²) in [6.45, 7) is 1.21. The monoisotopic (exact) mass is 263 g/mol. The SMILES string of the molecule is COCc1c(CO)cnc(C)c1OS(=O)(=O)O. The van der Waals surface area contributed by atoms with Crippen molar-refractivity contribution in [2.45, 2.75) is 20.1 Å². The van der Waals surface area contributed by atoms with Crippen LogP contribution in [0.2, 0.25) is 0 Å². The smallest absolute Gasteiger partial charge is 0.392 e. The summed E-state index contributed by atoms with van der Waals surface area (Å²) in [5, 5.41) is 9.10. The second-order valence-corrected chi connectivity index (χ2v) is 4.30. The minimum absolute atomic E-state index is 0.0319. The van der Waals surface area contributed by atoms with E-state index in [0.29, 0.717) is 11.1 Å². The molecule has 0 aliphatic carbocycles. The first-order valence-electron chi connectivity index (χ1n) is 4.63. The summed E-state index contributed by atoms with van der Waals surface area (Å²) in [6.07, 6.45) is 1.39. The number of aliphatic hydroxyl groups is 1. The Hall–Kier alpha value is -1.22. The van der Waals surface area contributed by atoms with Gasteiger partial charge in [0.15, 0.2) is 5.75 Å². The zero-order valence-electron chi connectivity index (χ0n) is 9.37. The van der Waals surface area contributed by atoms with Crippen molar-refractivity contribution in [3.8, 4) is 5.75 Å². The fourth-order valence-electron chi connectivity index (χ4n) is 1.33. The molecule has 2 N–H and O–H groups in total. The fourth-order valence-corrected chi connectivity index (χ4v) is 1.76. The lowest BCUT2D eigenvalue weighted by Crippen LogP contribution is -2.12. The van der Waals surface area contributed by atoms with Crippen LogP contribution in [0.4, 0.5) is 0 Å². The number of aryl methyl sites for hydroxylation is 1. The first-order chi connectivity index (χ1) is 7.89. The molecule has 0 atom stereocenters. The molecule has 0 saturated carbocycles. The van der Waals surface area contributed by atoms with Crippen molar-refractivity contribution in [1.29, 1.82) is 0 Å². The Morgan fingerprint density at radius 2 is 2.12 bits per heavy atom. The summed E-state index contributed by atoms with van der Waals surface area (Å²) < 4.78 is 39.4. The largest absolute Gasteiger partial charge is 0.446 e. The maximum atomic E-state index is 10.7. The number of hydrogen-bond donors (Lipinski definition) is 2. The summed E-state index contributed by atoms with van der Waals surface area (Å²) in [6, 6.07) is 0. The molecule has 8 heteroatoms. The first-order valence-corrected chi connectivity index (χ1v) is 5.99. The van der Waals surface area contributed by atoms with Crippen LogP contribution in [0.1, 0.15) is 16.8 Å². The Balaban J connectivity index is 3.33. The number of rotatable bonds is 5. The topological polar surface area (TPSA) is 106 Å². The summed E-state index contributed by atoms with van der Waals surface area (Å²) in [4.78, 5) is 3.86. The van der Waals surface area contributed by atoms with Gasteiger partial charge >= 0.3 is 10.4 Å². The van der Waals surface area contributed by atoms with E-state index in [2.05, 4.69) is 9.17 Å². The van der Waals surface area contributed by atoms with Crippen molar-refractivity contribution >= 4 is 10.4 Å². The van der Waals surface area contributed by atoms with Crippen LogP contribution in [-0.4, -0.2) is 30.2 Å². The minimum Gasteiger partial charge on any atom is -0.392 e. The third kappa shape index (κ3) is 3.63. The number of methoxy groups -OCH3 is 1. The van der Waals surface area contributed by atoms with Gasteiger partial charge in [-0.15, -0.1) is 0 Å². The Kier molecular flexibility index (Phi) is 4.40. The Bertz CT molecular complexity index is 498. The van der Waals surface area contributed by atoms with Gasteiger partial charge in [-0.2, -0.15) is 8.42 Å². The molecule has 0 amide bonds. The zero-order chi connectivity index (χ0) is 13.1. The fraction of sp³-hybridized carbons (Fsp3) is 0.444. The minimum atomic E-state index is -4.64. The molecule has 7 nitrogen and oxygen atoms in total. The maximum absolute atomic E-state index is 10.7. The maximum Gasteiger partial charge on any atom is 0.446 e. The van der Waals surface area contributed by atoms with E-state index in [4.69, 9.17) is 14.4 Å². The van der Waals surface area contributed by atoms with Crippen molar-refractivity contribution in [3.05, 3.63) is 23.0 Å². The molecule has 0 spiro atoms. The number of aromatic nitrogens is 1. The molecule has 1 aromatic heterocycles. The van der Waals surface area contributed by atoms with Crippen LogP contribution in [-0.2, 0) is 28.3 Å². The molecule has 0 saturated heterocycles. The molecular formula is C9H13NO6S.